The van der Waals surface area contributed by atoms with Crippen LogP contribution in [0.5, 0.6) is 0 Å². The van der Waals surface area contributed by atoms with Gasteiger partial charge < -0.3 is 10.0 Å². The normalized spacial score (nSPS) is 17.5. The summed E-state index contributed by atoms with van der Waals surface area (Å²) in [6, 6.07) is 5.02. The highest BCUT2D eigenvalue weighted by Gasteiger charge is 2.34. The predicted molar refractivity (Wildman–Crippen MR) is 91.7 cm³/mol. The summed E-state index contributed by atoms with van der Waals surface area (Å²) in [4.78, 5) is 30.0. The van der Waals surface area contributed by atoms with Crippen molar-refractivity contribution in [2.24, 2.45) is 0 Å². The molecule has 7 nitrogen and oxygen atoms in total. The van der Waals surface area contributed by atoms with Crippen molar-refractivity contribution in [1.82, 2.24) is 19.7 Å². The number of benzene rings is 1. The Morgan fingerprint density at radius 3 is 2.73 bits per heavy atom. The smallest absolute Gasteiger partial charge is 0.326 e. The van der Waals surface area contributed by atoms with Crippen LogP contribution < -0.4 is 0 Å². The number of amides is 1. The molecule has 1 amide bonds. The van der Waals surface area contributed by atoms with E-state index in [0.717, 1.165) is 12.8 Å². The summed E-state index contributed by atoms with van der Waals surface area (Å²) in [6.07, 6.45) is 1.93. The van der Waals surface area contributed by atoms with Gasteiger partial charge in [0.25, 0.3) is 5.91 Å². The van der Waals surface area contributed by atoms with Crippen molar-refractivity contribution in [1.29, 1.82) is 0 Å². The van der Waals surface area contributed by atoms with E-state index in [1.807, 2.05) is 13.8 Å². The molecule has 2 aromatic rings. The summed E-state index contributed by atoms with van der Waals surface area (Å²) in [7, 11) is 0. The maximum Gasteiger partial charge on any atom is 0.326 e. The van der Waals surface area contributed by atoms with E-state index in [0.29, 0.717) is 24.5 Å². The van der Waals surface area contributed by atoms with Crippen LogP contribution in [-0.2, 0) is 4.79 Å². The first kappa shape index (κ1) is 18.0. The zero-order chi connectivity index (χ0) is 18.8. The summed E-state index contributed by atoms with van der Waals surface area (Å²) in [5.74, 6) is -1.54. The van der Waals surface area contributed by atoms with Gasteiger partial charge in [-0.25, -0.2) is 18.9 Å². The van der Waals surface area contributed by atoms with Crippen molar-refractivity contribution in [2.75, 3.05) is 6.54 Å². The van der Waals surface area contributed by atoms with E-state index in [1.165, 1.54) is 21.7 Å². The van der Waals surface area contributed by atoms with Gasteiger partial charge in [0.15, 0.2) is 0 Å². The maximum absolute atomic E-state index is 13.6. The molecule has 1 aromatic carbocycles. The lowest BCUT2D eigenvalue weighted by atomic mass is 10.0. The minimum absolute atomic E-state index is 0.0519. The second-order valence-corrected chi connectivity index (χ2v) is 6.69. The Kier molecular flexibility index (Phi) is 5.01. The molecule has 1 N–H and O–H groups in total. The van der Waals surface area contributed by atoms with Crippen LogP contribution in [0, 0.1) is 5.82 Å². The standard InChI is InChI=1S/C18H21FN4O3/c1-11(2)16-20-15(21-23(16)13-7-5-6-12(19)10-13)17(24)22-9-4-3-8-14(22)18(25)26/h5-7,10-11,14H,3-4,8-9H2,1-2H3,(H,25,26). The molecule has 8 heteroatoms. The predicted octanol–water partition coefficient (Wildman–Crippen LogP) is 2.61. The van der Waals surface area contributed by atoms with Crippen LogP contribution in [0.1, 0.15) is 55.5 Å². The van der Waals surface area contributed by atoms with Crippen molar-refractivity contribution >= 4 is 11.9 Å². The van der Waals surface area contributed by atoms with E-state index in [2.05, 4.69) is 10.1 Å². The molecule has 0 radical (unpaired) electrons. The van der Waals surface area contributed by atoms with E-state index in [-0.39, 0.29) is 11.7 Å². The highest BCUT2D eigenvalue weighted by molar-refractivity contribution is 5.93. The van der Waals surface area contributed by atoms with Crippen molar-refractivity contribution < 1.29 is 19.1 Å². The Morgan fingerprint density at radius 1 is 1.31 bits per heavy atom. The third-order valence-corrected chi connectivity index (χ3v) is 4.44. The summed E-state index contributed by atoms with van der Waals surface area (Å²) in [6.45, 7) is 4.16. The van der Waals surface area contributed by atoms with Gasteiger partial charge in [-0.15, -0.1) is 5.10 Å². The van der Waals surface area contributed by atoms with Crippen LogP contribution >= 0.6 is 0 Å². The van der Waals surface area contributed by atoms with Gasteiger partial charge >= 0.3 is 5.97 Å². The number of nitrogens with zero attached hydrogens (tertiary/aromatic N) is 4. The summed E-state index contributed by atoms with van der Waals surface area (Å²) in [5.41, 5.74) is 0.466. The van der Waals surface area contributed by atoms with Crippen LogP contribution in [0.4, 0.5) is 4.39 Å². The first-order chi connectivity index (χ1) is 12.4. The van der Waals surface area contributed by atoms with Gasteiger partial charge in [-0.2, -0.15) is 0 Å². The number of hydrogen-bond acceptors (Lipinski definition) is 4. The van der Waals surface area contributed by atoms with Gasteiger partial charge in [0.1, 0.15) is 17.7 Å². The Balaban J connectivity index is 1.99. The number of carboxylic acids is 1. The molecule has 0 aliphatic carbocycles. The first-order valence-corrected chi connectivity index (χ1v) is 8.65. The van der Waals surface area contributed by atoms with Gasteiger partial charge in [-0.1, -0.05) is 19.9 Å². The van der Waals surface area contributed by atoms with Gasteiger partial charge in [-0.05, 0) is 37.5 Å². The van der Waals surface area contributed by atoms with Crippen LogP contribution in [0.15, 0.2) is 24.3 Å². The fraction of sp³-hybridized carbons (Fsp3) is 0.444. The molecule has 0 saturated carbocycles. The number of carbonyl (C=O) groups is 2. The molecule has 0 bridgehead atoms. The van der Waals surface area contributed by atoms with Gasteiger partial charge in [0.2, 0.25) is 5.82 Å². The SMILES string of the molecule is CC(C)c1nc(C(=O)N2CCCCC2C(=O)O)nn1-c1cccc(F)c1. The van der Waals surface area contributed by atoms with E-state index >= 15 is 0 Å². The molecule has 1 saturated heterocycles. The second kappa shape index (κ2) is 7.23. The molecule has 1 aliphatic heterocycles. The number of aromatic nitrogens is 3. The Hall–Kier alpha value is -2.77. The molecular weight excluding hydrogens is 339 g/mol. The topological polar surface area (TPSA) is 88.3 Å². The zero-order valence-corrected chi connectivity index (χ0v) is 14.7. The van der Waals surface area contributed by atoms with Crippen LogP contribution in [-0.4, -0.2) is 49.2 Å². The van der Waals surface area contributed by atoms with Crippen LogP contribution in [0.2, 0.25) is 0 Å². The Bertz CT molecular complexity index is 834. The molecule has 26 heavy (non-hydrogen) atoms. The number of carbonyl (C=O) groups excluding carboxylic acids is 1. The largest absolute Gasteiger partial charge is 0.480 e. The summed E-state index contributed by atoms with van der Waals surface area (Å²) in [5, 5.41) is 13.6. The highest BCUT2D eigenvalue weighted by atomic mass is 19.1. The molecule has 1 aromatic heterocycles. The molecule has 3 rings (SSSR count). The van der Waals surface area contributed by atoms with Crippen molar-refractivity contribution in [3.05, 3.63) is 41.7 Å². The van der Waals surface area contributed by atoms with Crippen LogP contribution in [0.3, 0.4) is 0 Å². The number of aliphatic carboxylic acids is 1. The first-order valence-electron chi connectivity index (χ1n) is 8.65. The maximum atomic E-state index is 13.6. The lowest BCUT2D eigenvalue weighted by Gasteiger charge is -2.31. The van der Waals surface area contributed by atoms with Crippen molar-refractivity contribution in [3.8, 4) is 5.69 Å². The molecule has 1 fully saturated rings. The fourth-order valence-corrected chi connectivity index (χ4v) is 3.15. The number of halogens is 1. The third-order valence-electron chi connectivity index (χ3n) is 4.44. The second-order valence-electron chi connectivity index (χ2n) is 6.69. The van der Waals surface area contributed by atoms with E-state index in [4.69, 9.17) is 0 Å². The summed E-state index contributed by atoms with van der Waals surface area (Å²) >= 11 is 0. The molecule has 2 heterocycles. The molecule has 1 aliphatic rings. The number of carboxylic acid groups (broad SMARTS) is 1. The van der Waals surface area contributed by atoms with Crippen molar-refractivity contribution in [2.45, 2.75) is 45.1 Å². The van der Waals surface area contributed by atoms with E-state index in [9.17, 15) is 19.1 Å². The number of piperidine rings is 1. The fourth-order valence-electron chi connectivity index (χ4n) is 3.15. The number of hydrogen-bond donors (Lipinski definition) is 1. The monoisotopic (exact) mass is 360 g/mol. The average Bonchev–Trinajstić information content (AvgIpc) is 3.07. The van der Waals surface area contributed by atoms with Gasteiger partial charge in [-0.3, -0.25) is 4.79 Å². The lowest BCUT2D eigenvalue weighted by Crippen LogP contribution is -2.48. The molecule has 0 spiro atoms. The Morgan fingerprint density at radius 2 is 2.08 bits per heavy atom. The third kappa shape index (κ3) is 3.44. The van der Waals surface area contributed by atoms with E-state index in [1.54, 1.807) is 12.1 Å². The van der Waals surface area contributed by atoms with Crippen molar-refractivity contribution in [3.63, 3.8) is 0 Å². The number of rotatable bonds is 4. The van der Waals surface area contributed by atoms with Gasteiger partial charge in [0.05, 0.1) is 5.69 Å². The van der Waals surface area contributed by atoms with E-state index < -0.39 is 23.7 Å². The molecular formula is C18H21FN4O3. The highest BCUT2D eigenvalue weighted by Crippen LogP contribution is 2.22. The van der Waals surface area contributed by atoms with Gasteiger partial charge in [0, 0.05) is 12.5 Å². The molecule has 138 valence electrons. The zero-order valence-electron chi connectivity index (χ0n) is 14.7. The quantitative estimate of drug-likeness (QED) is 0.905. The molecule has 1 unspecified atom stereocenters. The number of likely N-dealkylation sites (tertiary alicyclic amines) is 1. The minimum Gasteiger partial charge on any atom is -0.480 e. The average molecular weight is 360 g/mol. The summed E-state index contributed by atoms with van der Waals surface area (Å²) < 4.78 is 15.0. The molecule has 1 atom stereocenters. The Labute approximate surface area is 150 Å². The lowest BCUT2D eigenvalue weighted by molar-refractivity contribution is -0.143. The minimum atomic E-state index is -1.02. The van der Waals surface area contributed by atoms with Crippen LogP contribution in [0.25, 0.3) is 5.69 Å².